The van der Waals surface area contributed by atoms with E-state index < -0.39 is 15.8 Å². The molecule has 0 aliphatic heterocycles. The second kappa shape index (κ2) is 5.22. The molecular formula is C12H11BrFN3O2S2. The first-order chi connectivity index (χ1) is 9.87. The molecule has 0 spiro atoms. The van der Waals surface area contributed by atoms with Crippen molar-refractivity contribution in [3.05, 3.63) is 33.5 Å². The number of sulfonamides is 1. The summed E-state index contributed by atoms with van der Waals surface area (Å²) in [6, 6.07) is 2.11. The lowest BCUT2D eigenvalue weighted by atomic mass is 10.3. The molecule has 1 aliphatic rings. The van der Waals surface area contributed by atoms with Gasteiger partial charge >= 0.3 is 0 Å². The van der Waals surface area contributed by atoms with Crippen LogP contribution in [0.4, 0.5) is 15.2 Å². The molecule has 1 saturated carbocycles. The predicted octanol–water partition coefficient (Wildman–Crippen LogP) is 3.31. The predicted molar refractivity (Wildman–Crippen MR) is 83.4 cm³/mol. The molecule has 1 heterocycles. The van der Waals surface area contributed by atoms with Gasteiger partial charge in [-0.2, -0.15) is 0 Å². The molecule has 3 N–H and O–H groups in total. The first-order valence-corrected chi connectivity index (χ1v) is 9.25. The van der Waals surface area contributed by atoms with Crippen LogP contribution < -0.4 is 10.5 Å². The topological polar surface area (TPSA) is 85.1 Å². The molecule has 2 aromatic rings. The summed E-state index contributed by atoms with van der Waals surface area (Å²) in [6.07, 6.45) is 2.18. The third kappa shape index (κ3) is 3.04. The summed E-state index contributed by atoms with van der Waals surface area (Å²) in [4.78, 5) is 4.07. The first kappa shape index (κ1) is 14.7. The summed E-state index contributed by atoms with van der Waals surface area (Å²) >= 11 is 4.18. The molecular weight excluding hydrogens is 381 g/mol. The molecule has 0 amide bonds. The summed E-state index contributed by atoms with van der Waals surface area (Å²) in [5.74, 6) is -0.166. The minimum Gasteiger partial charge on any atom is -0.398 e. The zero-order valence-electron chi connectivity index (χ0n) is 10.6. The minimum absolute atomic E-state index is 0.0369. The van der Waals surface area contributed by atoms with Gasteiger partial charge in [-0.15, -0.1) is 11.3 Å². The van der Waals surface area contributed by atoms with Crippen LogP contribution in [0.5, 0.6) is 0 Å². The molecule has 1 fully saturated rings. The smallest absolute Gasteiger partial charge is 0.265 e. The lowest BCUT2D eigenvalue weighted by Gasteiger charge is -2.09. The van der Waals surface area contributed by atoms with Crippen molar-refractivity contribution in [1.29, 1.82) is 0 Å². The van der Waals surface area contributed by atoms with Gasteiger partial charge in [-0.3, -0.25) is 4.72 Å². The van der Waals surface area contributed by atoms with Crippen molar-refractivity contribution >= 4 is 48.1 Å². The van der Waals surface area contributed by atoms with Crippen LogP contribution in [-0.2, 0) is 10.0 Å². The number of nitrogens with one attached hydrogen (secondary N) is 1. The van der Waals surface area contributed by atoms with Crippen LogP contribution in [0.2, 0.25) is 0 Å². The van der Waals surface area contributed by atoms with Gasteiger partial charge in [0.1, 0.15) is 10.7 Å². The third-order valence-electron chi connectivity index (χ3n) is 3.08. The van der Waals surface area contributed by atoms with Crippen molar-refractivity contribution in [2.45, 2.75) is 23.7 Å². The highest BCUT2D eigenvalue weighted by atomic mass is 79.9. The molecule has 0 saturated heterocycles. The Morgan fingerprint density at radius 3 is 2.81 bits per heavy atom. The van der Waals surface area contributed by atoms with Gasteiger partial charge < -0.3 is 5.73 Å². The number of rotatable bonds is 4. The van der Waals surface area contributed by atoms with E-state index >= 15 is 0 Å². The Morgan fingerprint density at radius 1 is 1.43 bits per heavy atom. The Hall–Kier alpha value is -1.19. The van der Waals surface area contributed by atoms with Crippen LogP contribution in [0, 0.1) is 5.82 Å². The van der Waals surface area contributed by atoms with Crippen molar-refractivity contribution in [1.82, 2.24) is 4.98 Å². The van der Waals surface area contributed by atoms with E-state index in [-0.39, 0.29) is 20.2 Å². The lowest BCUT2D eigenvalue weighted by molar-refractivity contribution is 0.599. The van der Waals surface area contributed by atoms with Crippen molar-refractivity contribution in [3.63, 3.8) is 0 Å². The van der Waals surface area contributed by atoms with Gasteiger partial charge in [0.2, 0.25) is 0 Å². The zero-order valence-corrected chi connectivity index (χ0v) is 13.9. The highest BCUT2D eigenvalue weighted by molar-refractivity contribution is 9.10. The van der Waals surface area contributed by atoms with Gasteiger partial charge in [-0.05, 0) is 40.9 Å². The summed E-state index contributed by atoms with van der Waals surface area (Å²) in [5, 5.41) is 2.14. The monoisotopic (exact) mass is 391 g/mol. The second-order valence-corrected chi connectivity index (χ2v) is 8.12. The quantitative estimate of drug-likeness (QED) is 0.782. The number of nitrogen functional groups attached to an aromatic ring is 1. The summed E-state index contributed by atoms with van der Waals surface area (Å²) in [6.45, 7) is 0. The molecule has 0 unspecified atom stereocenters. The fraction of sp³-hybridized carbons (Fsp3) is 0.250. The minimum atomic E-state index is -3.90. The normalized spacial score (nSPS) is 15.1. The van der Waals surface area contributed by atoms with Gasteiger partial charge in [0.25, 0.3) is 10.0 Å². The maximum atomic E-state index is 13.3. The number of hydrogen-bond acceptors (Lipinski definition) is 5. The average molecular weight is 392 g/mol. The van der Waals surface area contributed by atoms with E-state index in [0.717, 1.165) is 30.7 Å². The van der Waals surface area contributed by atoms with Crippen molar-refractivity contribution in [3.8, 4) is 0 Å². The fourth-order valence-electron chi connectivity index (χ4n) is 1.85. The molecule has 9 heteroatoms. The zero-order chi connectivity index (χ0) is 15.2. The van der Waals surface area contributed by atoms with E-state index in [0.29, 0.717) is 5.92 Å². The number of halogens is 2. The standard InChI is InChI=1S/C12H11BrFN3O2S2/c13-7-3-11(9(15)4-8(7)14)21(18,19)17-12-16-10(5-20-12)6-1-2-6/h3-6H,1-2,15H2,(H,16,17). The molecule has 112 valence electrons. The summed E-state index contributed by atoms with van der Waals surface area (Å²) in [7, 11) is -3.90. The first-order valence-electron chi connectivity index (χ1n) is 6.09. The average Bonchev–Trinajstić information content (AvgIpc) is 3.15. The Labute approximate surface area is 133 Å². The van der Waals surface area contributed by atoms with Crippen molar-refractivity contribution in [2.24, 2.45) is 0 Å². The van der Waals surface area contributed by atoms with Gasteiger partial charge in [0, 0.05) is 11.3 Å². The maximum absolute atomic E-state index is 13.3. The number of aromatic nitrogens is 1. The maximum Gasteiger partial charge on any atom is 0.265 e. The highest BCUT2D eigenvalue weighted by Gasteiger charge is 2.27. The van der Waals surface area contributed by atoms with E-state index in [1.807, 2.05) is 5.38 Å². The van der Waals surface area contributed by atoms with Crippen LogP contribution in [0.1, 0.15) is 24.5 Å². The Kier molecular flexibility index (Phi) is 3.66. The van der Waals surface area contributed by atoms with Crippen LogP contribution in [-0.4, -0.2) is 13.4 Å². The molecule has 5 nitrogen and oxygen atoms in total. The molecule has 3 rings (SSSR count). The van der Waals surface area contributed by atoms with E-state index in [1.54, 1.807) is 0 Å². The summed E-state index contributed by atoms with van der Waals surface area (Å²) in [5.41, 5.74) is 6.35. The lowest BCUT2D eigenvalue weighted by Crippen LogP contribution is -2.15. The number of nitrogens with two attached hydrogens (primary N) is 1. The van der Waals surface area contributed by atoms with Crippen LogP contribution in [0.3, 0.4) is 0 Å². The molecule has 1 aromatic carbocycles. The highest BCUT2D eigenvalue weighted by Crippen LogP contribution is 2.41. The van der Waals surface area contributed by atoms with Crippen molar-refractivity contribution in [2.75, 3.05) is 10.5 Å². The molecule has 0 bridgehead atoms. The van der Waals surface area contributed by atoms with E-state index in [9.17, 15) is 12.8 Å². The third-order valence-corrected chi connectivity index (χ3v) is 5.99. The van der Waals surface area contributed by atoms with Crippen LogP contribution in [0.25, 0.3) is 0 Å². The molecule has 21 heavy (non-hydrogen) atoms. The Morgan fingerprint density at radius 2 is 2.14 bits per heavy atom. The SMILES string of the molecule is Nc1cc(F)c(Br)cc1S(=O)(=O)Nc1nc(C2CC2)cs1. The van der Waals surface area contributed by atoms with Gasteiger partial charge in [-0.25, -0.2) is 17.8 Å². The van der Waals surface area contributed by atoms with Crippen LogP contribution >= 0.6 is 27.3 Å². The fourth-order valence-corrected chi connectivity index (χ4v) is 4.53. The molecule has 1 aromatic heterocycles. The van der Waals surface area contributed by atoms with Gasteiger partial charge in [0.15, 0.2) is 5.13 Å². The largest absolute Gasteiger partial charge is 0.398 e. The summed E-state index contributed by atoms with van der Waals surface area (Å²) < 4.78 is 40.4. The van der Waals surface area contributed by atoms with E-state index in [2.05, 4.69) is 25.6 Å². The molecule has 0 radical (unpaired) electrons. The number of thiazole rings is 1. The van der Waals surface area contributed by atoms with Gasteiger partial charge in [-0.1, -0.05) is 0 Å². The Bertz CT molecular complexity index is 803. The van der Waals surface area contributed by atoms with Crippen LogP contribution in [0.15, 0.2) is 26.9 Å². The Balaban J connectivity index is 1.90. The molecule has 0 atom stereocenters. The molecule has 1 aliphatic carbocycles. The van der Waals surface area contributed by atoms with E-state index in [4.69, 9.17) is 5.73 Å². The number of benzene rings is 1. The number of anilines is 2. The number of nitrogens with zero attached hydrogens (tertiary/aromatic N) is 1. The number of hydrogen-bond donors (Lipinski definition) is 2. The van der Waals surface area contributed by atoms with Gasteiger partial charge in [0.05, 0.1) is 15.9 Å². The van der Waals surface area contributed by atoms with E-state index in [1.165, 1.54) is 11.3 Å². The second-order valence-electron chi connectivity index (χ2n) is 4.76. The van der Waals surface area contributed by atoms with Crippen molar-refractivity contribution < 1.29 is 12.8 Å².